The Morgan fingerprint density at radius 2 is 2.09 bits per heavy atom. The summed E-state index contributed by atoms with van der Waals surface area (Å²) >= 11 is 1.69. The fraction of sp³-hybridized carbons (Fsp3) is 0.875. The molecule has 2 nitrogen and oxygen atoms in total. The van der Waals surface area contributed by atoms with Crippen molar-refractivity contribution >= 4 is 17.5 Å². The molecule has 0 aliphatic carbocycles. The Kier molecular flexibility index (Phi) is 4.57. The van der Waals surface area contributed by atoms with Crippen LogP contribution in [0.1, 0.15) is 27.2 Å². The number of hydrogen-bond acceptors (Lipinski definition) is 3. The maximum Gasteiger partial charge on any atom is 0.0725 e. The third-order valence-electron chi connectivity index (χ3n) is 2.07. The number of nitrogens with zero attached hydrogens (tertiary/aromatic N) is 1. The van der Waals surface area contributed by atoms with Gasteiger partial charge in [-0.05, 0) is 12.7 Å². The molecule has 0 saturated heterocycles. The fourth-order valence-electron chi connectivity index (χ4n) is 0.700. The van der Waals surface area contributed by atoms with Crippen molar-refractivity contribution in [3.8, 4) is 0 Å². The molecule has 0 rings (SSSR count). The molecule has 11 heavy (non-hydrogen) atoms. The first-order valence-corrected chi connectivity index (χ1v) is 5.18. The molecule has 3 heteroatoms. The standard InChI is InChI=1S/C8H17NOS/c1-5-8(2,3)7(9-10)6-11-4/h10H,5-6H2,1-4H3/b9-7+. The van der Waals surface area contributed by atoms with Crippen molar-refractivity contribution in [1.82, 2.24) is 0 Å². The molecule has 1 N–H and O–H groups in total. The highest BCUT2D eigenvalue weighted by atomic mass is 32.2. The molecule has 66 valence electrons. The van der Waals surface area contributed by atoms with Crippen LogP contribution < -0.4 is 0 Å². The molecular formula is C8H17NOS. The smallest absolute Gasteiger partial charge is 0.0725 e. The van der Waals surface area contributed by atoms with Crippen LogP contribution in [-0.2, 0) is 0 Å². The van der Waals surface area contributed by atoms with Gasteiger partial charge in [-0.25, -0.2) is 0 Å². The van der Waals surface area contributed by atoms with E-state index in [2.05, 4.69) is 25.9 Å². The van der Waals surface area contributed by atoms with Crippen molar-refractivity contribution < 1.29 is 5.21 Å². The molecule has 0 unspecified atom stereocenters. The molecule has 0 saturated carbocycles. The van der Waals surface area contributed by atoms with E-state index < -0.39 is 0 Å². The van der Waals surface area contributed by atoms with E-state index in [0.29, 0.717) is 0 Å². The summed E-state index contributed by atoms with van der Waals surface area (Å²) in [6.45, 7) is 6.29. The molecule has 0 aromatic heterocycles. The van der Waals surface area contributed by atoms with Crippen molar-refractivity contribution in [2.24, 2.45) is 10.6 Å². The zero-order valence-corrected chi connectivity index (χ0v) is 8.53. The van der Waals surface area contributed by atoms with E-state index in [1.165, 1.54) is 0 Å². The predicted octanol–water partition coefficient (Wildman–Crippen LogP) is 2.62. The summed E-state index contributed by atoms with van der Waals surface area (Å²) in [7, 11) is 0. The first-order valence-electron chi connectivity index (χ1n) is 3.78. The monoisotopic (exact) mass is 175 g/mol. The van der Waals surface area contributed by atoms with Crippen LogP contribution in [0.2, 0.25) is 0 Å². The fourth-order valence-corrected chi connectivity index (χ4v) is 1.42. The van der Waals surface area contributed by atoms with Gasteiger partial charge in [0.1, 0.15) is 0 Å². The molecule has 0 spiro atoms. The van der Waals surface area contributed by atoms with Crippen LogP contribution in [0.4, 0.5) is 0 Å². The summed E-state index contributed by atoms with van der Waals surface area (Å²) in [5.41, 5.74) is 0.921. The first-order chi connectivity index (χ1) is 5.08. The van der Waals surface area contributed by atoms with Gasteiger partial charge in [-0.1, -0.05) is 25.9 Å². The normalized spacial score (nSPS) is 13.6. The van der Waals surface area contributed by atoms with Crippen LogP contribution in [0.3, 0.4) is 0 Å². The Bertz CT molecular complexity index is 143. The lowest BCUT2D eigenvalue weighted by molar-refractivity contribution is 0.308. The van der Waals surface area contributed by atoms with Gasteiger partial charge in [-0.2, -0.15) is 11.8 Å². The van der Waals surface area contributed by atoms with Gasteiger partial charge in [-0.3, -0.25) is 0 Å². The highest BCUT2D eigenvalue weighted by Crippen LogP contribution is 2.23. The number of oxime groups is 1. The minimum atomic E-state index is 0.0394. The minimum absolute atomic E-state index is 0.0394. The van der Waals surface area contributed by atoms with Crippen LogP contribution >= 0.6 is 11.8 Å². The summed E-state index contributed by atoms with van der Waals surface area (Å²) in [5.74, 6) is 0.817. The van der Waals surface area contributed by atoms with Gasteiger partial charge < -0.3 is 5.21 Å². The third-order valence-corrected chi connectivity index (χ3v) is 2.63. The number of rotatable bonds is 4. The summed E-state index contributed by atoms with van der Waals surface area (Å²) in [6.07, 6.45) is 3.02. The summed E-state index contributed by atoms with van der Waals surface area (Å²) in [5, 5.41) is 12.0. The zero-order chi connectivity index (χ0) is 8.91. The molecule has 0 heterocycles. The van der Waals surface area contributed by atoms with E-state index in [4.69, 9.17) is 5.21 Å². The largest absolute Gasteiger partial charge is 0.411 e. The summed E-state index contributed by atoms with van der Waals surface area (Å²) < 4.78 is 0. The Balaban J connectivity index is 4.25. The van der Waals surface area contributed by atoms with Crippen LogP contribution in [-0.4, -0.2) is 22.9 Å². The molecular weight excluding hydrogens is 158 g/mol. The van der Waals surface area contributed by atoms with Crippen molar-refractivity contribution in [1.29, 1.82) is 0 Å². The van der Waals surface area contributed by atoms with Crippen LogP contribution in [0, 0.1) is 5.41 Å². The van der Waals surface area contributed by atoms with E-state index >= 15 is 0 Å². The second-order valence-corrected chi connectivity index (χ2v) is 4.08. The lowest BCUT2D eigenvalue weighted by atomic mass is 9.85. The maximum absolute atomic E-state index is 8.70. The predicted molar refractivity (Wildman–Crippen MR) is 51.7 cm³/mol. The van der Waals surface area contributed by atoms with E-state index in [-0.39, 0.29) is 5.41 Å². The van der Waals surface area contributed by atoms with Gasteiger partial charge in [-0.15, -0.1) is 0 Å². The SMILES string of the molecule is CCC(C)(C)/C(CSC)=N/O. The van der Waals surface area contributed by atoms with Crippen molar-refractivity contribution in [2.45, 2.75) is 27.2 Å². The Morgan fingerprint density at radius 3 is 2.36 bits per heavy atom. The molecule has 0 fully saturated rings. The average molecular weight is 175 g/mol. The zero-order valence-electron chi connectivity index (χ0n) is 7.72. The maximum atomic E-state index is 8.70. The van der Waals surface area contributed by atoms with E-state index in [1.54, 1.807) is 11.8 Å². The first kappa shape index (κ1) is 10.8. The summed E-state index contributed by atoms with van der Waals surface area (Å²) in [4.78, 5) is 0. The molecule has 0 bridgehead atoms. The van der Waals surface area contributed by atoms with E-state index in [0.717, 1.165) is 17.9 Å². The molecule has 0 aliphatic rings. The lowest BCUT2D eigenvalue weighted by Gasteiger charge is -2.22. The van der Waals surface area contributed by atoms with Crippen LogP contribution in [0.5, 0.6) is 0 Å². The lowest BCUT2D eigenvalue weighted by Crippen LogP contribution is -2.25. The molecule has 0 atom stereocenters. The molecule has 0 aliphatic heterocycles. The number of hydrogen-bond donors (Lipinski definition) is 1. The Labute approximate surface area is 73.1 Å². The van der Waals surface area contributed by atoms with Gasteiger partial charge in [0.2, 0.25) is 0 Å². The van der Waals surface area contributed by atoms with Crippen LogP contribution in [0.15, 0.2) is 5.16 Å². The Morgan fingerprint density at radius 1 is 1.55 bits per heavy atom. The van der Waals surface area contributed by atoms with Crippen LogP contribution in [0.25, 0.3) is 0 Å². The quantitative estimate of drug-likeness (QED) is 0.405. The van der Waals surface area contributed by atoms with Crippen molar-refractivity contribution in [3.05, 3.63) is 0 Å². The number of thioether (sulfide) groups is 1. The van der Waals surface area contributed by atoms with Gasteiger partial charge in [0.05, 0.1) is 5.71 Å². The Hall–Kier alpha value is -0.180. The molecule has 0 aromatic carbocycles. The topological polar surface area (TPSA) is 32.6 Å². The van der Waals surface area contributed by atoms with Gasteiger partial charge >= 0.3 is 0 Å². The van der Waals surface area contributed by atoms with Crippen molar-refractivity contribution in [3.63, 3.8) is 0 Å². The minimum Gasteiger partial charge on any atom is -0.411 e. The molecule has 0 radical (unpaired) electrons. The highest BCUT2D eigenvalue weighted by Gasteiger charge is 2.22. The third kappa shape index (κ3) is 3.14. The van der Waals surface area contributed by atoms with Gasteiger partial charge in [0.25, 0.3) is 0 Å². The highest BCUT2D eigenvalue weighted by molar-refractivity contribution is 7.99. The molecule has 0 aromatic rings. The van der Waals surface area contributed by atoms with Crippen molar-refractivity contribution in [2.75, 3.05) is 12.0 Å². The summed E-state index contributed by atoms with van der Waals surface area (Å²) in [6, 6.07) is 0. The average Bonchev–Trinajstić information content (AvgIpc) is 2.00. The molecule has 0 amide bonds. The van der Waals surface area contributed by atoms with E-state index in [9.17, 15) is 0 Å². The second kappa shape index (κ2) is 4.65. The van der Waals surface area contributed by atoms with E-state index in [1.807, 2.05) is 6.26 Å². The van der Waals surface area contributed by atoms with Gasteiger partial charge in [0, 0.05) is 11.2 Å². The van der Waals surface area contributed by atoms with Gasteiger partial charge in [0.15, 0.2) is 0 Å². The second-order valence-electron chi connectivity index (χ2n) is 3.22.